The summed E-state index contributed by atoms with van der Waals surface area (Å²) in [6, 6.07) is 7.67. The van der Waals surface area contributed by atoms with Gasteiger partial charge in [0.1, 0.15) is 23.4 Å². The largest absolute Gasteiger partial charge is 0.492 e. The lowest BCUT2D eigenvalue weighted by molar-refractivity contribution is -0.143. The molecule has 9 heteroatoms. The number of alkyl halides is 1. The Morgan fingerprint density at radius 1 is 1.33 bits per heavy atom. The molecule has 0 spiro atoms. The van der Waals surface area contributed by atoms with E-state index in [1.807, 2.05) is 4.90 Å². The lowest BCUT2D eigenvalue weighted by Crippen LogP contribution is -2.44. The van der Waals surface area contributed by atoms with Crippen LogP contribution in [0, 0.1) is 17.2 Å². The van der Waals surface area contributed by atoms with Crippen LogP contribution in [0.4, 0.5) is 10.2 Å². The van der Waals surface area contributed by atoms with E-state index in [1.165, 1.54) is 24.1 Å². The molecule has 2 N–H and O–H groups in total. The second-order valence-electron chi connectivity index (χ2n) is 11.7. The van der Waals surface area contributed by atoms with E-state index in [4.69, 9.17) is 14.5 Å². The van der Waals surface area contributed by atoms with Gasteiger partial charge in [0.2, 0.25) is 0 Å². The Morgan fingerprint density at radius 3 is 2.95 bits per heavy atom. The number of likely N-dealkylation sites (tertiary alicyclic amines) is 1. The van der Waals surface area contributed by atoms with Gasteiger partial charge < -0.3 is 19.9 Å². The van der Waals surface area contributed by atoms with Crippen LogP contribution in [0.1, 0.15) is 61.9 Å². The molecule has 4 heterocycles. The first-order valence-corrected chi connectivity index (χ1v) is 15.4. The van der Waals surface area contributed by atoms with Crippen molar-refractivity contribution in [1.29, 1.82) is 0 Å². The van der Waals surface area contributed by atoms with Crippen LogP contribution in [0.2, 0.25) is 0 Å². The standard InChI is InChI=1S/C30H39FIN3O4/c1-30(17-38-18-30)19-39-26-11-9-22(31)15-24(26)27(29(36)37)35-14-12-21(16-35)25(32)7-3-2-6-23-10-8-20-5-4-13-33-28(20)34-23/h8-11,15,21,25,27H,2-7,12-14,16-19H2,1H3,(H,33,34)(H,36,37)/t21?,25-,27+/m1/s1. The molecule has 0 radical (unpaired) electrons. The van der Waals surface area contributed by atoms with Crippen molar-refractivity contribution in [2.24, 2.45) is 11.3 Å². The number of unbranched alkanes of at least 4 members (excludes halogenated alkanes) is 1. The van der Waals surface area contributed by atoms with Gasteiger partial charge in [0.15, 0.2) is 0 Å². The molecular formula is C30H39FIN3O4. The van der Waals surface area contributed by atoms with Crippen LogP contribution in [0.25, 0.3) is 0 Å². The number of hydrogen-bond donors (Lipinski definition) is 2. The fourth-order valence-corrected chi connectivity index (χ4v) is 6.90. The lowest BCUT2D eigenvalue weighted by atomic mass is 9.90. The Hall–Kier alpha value is -1.98. The summed E-state index contributed by atoms with van der Waals surface area (Å²) in [7, 11) is 0. The number of nitrogens with one attached hydrogen (secondary N) is 1. The Balaban J connectivity index is 1.15. The quantitative estimate of drug-likeness (QED) is 0.174. The van der Waals surface area contributed by atoms with E-state index >= 15 is 0 Å². The van der Waals surface area contributed by atoms with Crippen LogP contribution in [0.15, 0.2) is 30.3 Å². The average molecular weight is 652 g/mol. The van der Waals surface area contributed by atoms with Crippen LogP contribution in [-0.4, -0.2) is 64.3 Å². The number of ether oxygens (including phenoxy) is 2. The van der Waals surface area contributed by atoms with Gasteiger partial charge in [-0.3, -0.25) is 9.69 Å². The van der Waals surface area contributed by atoms with Gasteiger partial charge in [0.25, 0.3) is 0 Å². The molecule has 39 heavy (non-hydrogen) atoms. The van der Waals surface area contributed by atoms with E-state index in [0.29, 0.717) is 54.1 Å². The number of aryl methyl sites for hydroxylation is 2. The van der Waals surface area contributed by atoms with E-state index in [1.54, 1.807) is 6.07 Å². The van der Waals surface area contributed by atoms with Gasteiger partial charge in [0, 0.05) is 33.7 Å². The third kappa shape index (κ3) is 7.03. The molecule has 1 aromatic carbocycles. The van der Waals surface area contributed by atoms with E-state index in [-0.39, 0.29) is 5.41 Å². The molecule has 1 aromatic heterocycles. The number of rotatable bonds is 12. The predicted molar refractivity (Wildman–Crippen MR) is 157 cm³/mol. The number of pyridine rings is 1. The van der Waals surface area contributed by atoms with Gasteiger partial charge in [-0.15, -0.1) is 0 Å². The average Bonchev–Trinajstić information content (AvgIpc) is 3.39. The van der Waals surface area contributed by atoms with E-state index in [2.05, 4.69) is 47.0 Å². The fourth-order valence-electron chi connectivity index (χ4n) is 5.87. The Labute approximate surface area is 244 Å². The molecule has 5 rings (SSSR count). The minimum Gasteiger partial charge on any atom is -0.492 e. The zero-order valence-electron chi connectivity index (χ0n) is 22.6. The van der Waals surface area contributed by atoms with Crippen molar-refractivity contribution in [1.82, 2.24) is 9.88 Å². The normalized spacial score (nSPS) is 21.9. The van der Waals surface area contributed by atoms with E-state index in [9.17, 15) is 14.3 Å². The number of aliphatic carboxylic acids is 1. The maximum atomic E-state index is 14.3. The van der Waals surface area contributed by atoms with Crippen molar-refractivity contribution in [3.8, 4) is 5.75 Å². The van der Waals surface area contributed by atoms with Gasteiger partial charge >= 0.3 is 5.97 Å². The summed E-state index contributed by atoms with van der Waals surface area (Å²) in [5, 5.41) is 13.6. The van der Waals surface area contributed by atoms with Gasteiger partial charge in [-0.2, -0.15) is 0 Å². The lowest BCUT2D eigenvalue weighted by Gasteiger charge is -2.38. The number of halogens is 2. The molecule has 3 atom stereocenters. The second kappa shape index (κ2) is 12.7. The third-order valence-corrected chi connectivity index (χ3v) is 9.86. The monoisotopic (exact) mass is 651 g/mol. The molecule has 0 amide bonds. The van der Waals surface area contributed by atoms with Crippen molar-refractivity contribution in [3.05, 3.63) is 53.0 Å². The molecule has 2 aromatic rings. The minimum atomic E-state index is -0.971. The third-order valence-electron chi connectivity index (χ3n) is 8.22. The summed E-state index contributed by atoms with van der Waals surface area (Å²) in [6.07, 6.45) is 7.49. The maximum absolute atomic E-state index is 14.3. The summed E-state index contributed by atoms with van der Waals surface area (Å²) in [6.45, 7) is 6.06. The highest BCUT2D eigenvalue weighted by Crippen LogP contribution is 2.38. The van der Waals surface area contributed by atoms with Crippen molar-refractivity contribution in [2.45, 2.75) is 61.8 Å². The molecule has 7 nitrogen and oxygen atoms in total. The second-order valence-corrected chi connectivity index (χ2v) is 13.3. The van der Waals surface area contributed by atoms with E-state index < -0.39 is 17.8 Å². The molecule has 2 saturated heterocycles. The van der Waals surface area contributed by atoms with Crippen LogP contribution < -0.4 is 10.1 Å². The Bertz CT molecular complexity index is 1160. The first kappa shape index (κ1) is 28.5. The van der Waals surface area contributed by atoms with Crippen LogP contribution in [0.3, 0.4) is 0 Å². The Kier molecular flexibility index (Phi) is 9.28. The number of carboxylic acid groups (broad SMARTS) is 1. The van der Waals surface area contributed by atoms with Gasteiger partial charge in [-0.1, -0.05) is 42.0 Å². The molecule has 0 saturated carbocycles. The fraction of sp³-hybridized carbons (Fsp3) is 0.600. The minimum absolute atomic E-state index is 0.0929. The molecule has 0 bridgehead atoms. The topological polar surface area (TPSA) is 83.9 Å². The molecule has 3 aliphatic heterocycles. The Morgan fingerprint density at radius 2 is 2.18 bits per heavy atom. The molecule has 212 valence electrons. The molecule has 3 aliphatic rings. The van der Waals surface area contributed by atoms with Crippen molar-refractivity contribution < 1.29 is 23.8 Å². The first-order valence-electron chi connectivity index (χ1n) is 14.1. The van der Waals surface area contributed by atoms with Gasteiger partial charge in [-0.05, 0) is 80.8 Å². The number of hydrogen-bond acceptors (Lipinski definition) is 6. The summed E-state index contributed by atoms with van der Waals surface area (Å²) in [5.74, 6) is 0.484. The van der Waals surface area contributed by atoms with Crippen molar-refractivity contribution in [2.75, 3.05) is 44.8 Å². The van der Waals surface area contributed by atoms with Crippen LogP contribution in [-0.2, 0) is 22.4 Å². The SMILES string of the molecule is CC1(COc2ccc(F)cc2[C@@H](C(=O)O)N2CCC([C@H](I)CCCCc3ccc4c(n3)NCCC4)C2)COC1. The number of carboxylic acids is 1. The van der Waals surface area contributed by atoms with Crippen LogP contribution >= 0.6 is 22.6 Å². The zero-order chi connectivity index (χ0) is 27.4. The number of nitrogens with zero attached hydrogens (tertiary/aromatic N) is 2. The summed E-state index contributed by atoms with van der Waals surface area (Å²) >= 11 is 2.54. The summed E-state index contributed by atoms with van der Waals surface area (Å²) < 4.78 is 26.1. The predicted octanol–water partition coefficient (Wildman–Crippen LogP) is 5.66. The van der Waals surface area contributed by atoms with Gasteiger partial charge in [-0.25, -0.2) is 9.37 Å². The number of carbonyl (C=O) groups is 1. The van der Waals surface area contributed by atoms with Gasteiger partial charge in [0.05, 0.1) is 19.8 Å². The van der Waals surface area contributed by atoms with Crippen molar-refractivity contribution >= 4 is 34.4 Å². The summed E-state index contributed by atoms with van der Waals surface area (Å²) in [4.78, 5) is 19.3. The molecule has 0 aliphatic carbocycles. The molecule has 1 unspecified atom stereocenters. The highest BCUT2D eigenvalue weighted by Gasteiger charge is 2.38. The van der Waals surface area contributed by atoms with Crippen LogP contribution in [0.5, 0.6) is 5.75 Å². The number of aromatic nitrogens is 1. The van der Waals surface area contributed by atoms with Crippen molar-refractivity contribution in [3.63, 3.8) is 0 Å². The maximum Gasteiger partial charge on any atom is 0.325 e. The number of benzene rings is 1. The molecular weight excluding hydrogens is 612 g/mol. The highest BCUT2D eigenvalue weighted by atomic mass is 127. The first-order chi connectivity index (χ1) is 18.8. The highest BCUT2D eigenvalue weighted by molar-refractivity contribution is 14.1. The number of anilines is 1. The number of fused-ring (bicyclic) bond motifs is 1. The summed E-state index contributed by atoms with van der Waals surface area (Å²) in [5.41, 5.74) is 2.77. The zero-order valence-corrected chi connectivity index (χ0v) is 24.8. The molecule has 2 fully saturated rings. The van der Waals surface area contributed by atoms with E-state index in [0.717, 1.165) is 56.6 Å². The smallest absolute Gasteiger partial charge is 0.325 e.